The molecule has 2 saturated carbocycles. The monoisotopic (exact) mass is 406 g/mol. The maximum Gasteiger partial charge on any atom is 0.166 e. The van der Waals surface area contributed by atoms with Crippen LogP contribution in [0.1, 0.15) is 69.2 Å². The molecule has 1 aromatic carbocycles. The minimum Gasteiger partial charge on any atom is -0.298 e. The molecule has 0 aromatic heterocycles. The van der Waals surface area contributed by atoms with Crippen molar-refractivity contribution in [2.75, 3.05) is 0 Å². The lowest BCUT2D eigenvalue weighted by Crippen LogP contribution is -2.50. The lowest BCUT2D eigenvalue weighted by atomic mass is 9.47. The van der Waals surface area contributed by atoms with Gasteiger partial charge in [0.25, 0.3) is 0 Å². The molecule has 4 aliphatic rings. The topological polar surface area (TPSA) is 34.1 Å². The van der Waals surface area contributed by atoms with Gasteiger partial charge in [-0.3, -0.25) is 9.59 Å². The molecule has 0 unspecified atom stereocenters. The standard InChI is InChI=1S/C27H31FO2/c1-26-13-11-17(16-29)15-19(26)5-8-21-22-9-10-24(27(22,2)14-12-23(21)26)25(30)18-3-6-20(28)7-4-18/h3-7,15-16,21-24H,8-14H2,1-2H3/t21-,22-,23-,24+,26-,27-/m0/s1. The van der Waals surface area contributed by atoms with Gasteiger partial charge in [0.2, 0.25) is 0 Å². The Kier molecular flexibility index (Phi) is 4.65. The number of halogens is 1. The predicted molar refractivity (Wildman–Crippen MR) is 115 cm³/mol. The number of allylic oxidation sites excluding steroid dienone is 4. The summed E-state index contributed by atoms with van der Waals surface area (Å²) in [5.41, 5.74) is 3.16. The molecular formula is C27H31FO2. The van der Waals surface area contributed by atoms with Crippen LogP contribution in [0, 0.1) is 40.3 Å². The second-order valence-electron chi connectivity index (χ2n) is 10.6. The zero-order chi connectivity index (χ0) is 21.1. The van der Waals surface area contributed by atoms with Gasteiger partial charge in [0.15, 0.2) is 5.78 Å². The van der Waals surface area contributed by atoms with E-state index in [1.54, 1.807) is 12.1 Å². The number of Topliss-reactive ketones (excluding diaryl/α,β-unsaturated/α-hetero) is 1. The smallest absolute Gasteiger partial charge is 0.166 e. The highest BCUT2D eigenvalue weighted by molar-refractivity contribution is 5.98. The van der Waals surface area contributed by atoms with E-state index in [0.717, 1.165) is 56.8 Å². The molecule has 2 nitrogen and oxygen atoms in total. The van der Waals surface area contributed by atoms with E-state index in [9.17, 15) is 14.0 Å². The molecule has 0 heterocycles. The van der Waals surface area contributed by atoms with Gasteiger partial charge >= 0.3 is 0 Å². The predicted octanol–water partition coefficient (Wildman–Crippen LogP) is 6.32. The van der Waals surface area contributed by atoms with Crippen LogP contribution in [0.2, 0.25) is 0 Å². The average Bonchev–Trinajstić information content (AvgIpc) is 3.10. The molecule has 3 heteroatoms. The summed E-state index contributed by atoms with van der Waals surface area (Å²) in [5.74, 6) is 1.78. The second kappa shape index (κ2) is 7.00. The van der Waals surface area contributed by atoms with Gasteiger partial charge in [0.05, 0.1) is 0 Å². The molecule has 4 aliphatic carbocycles. The van der Waals surface area contributed by atoms with Crippen molar-refractivity contribution in [3.05, 3.63) is 58.9 Å². The van der Waals surface area contributed by atoms with E-state index in [4.69, 9.17) is 0 Å². The van der Waals surface area contributed by atoms with Crippen LogP contribution in [0.5, 0.6) is 0 Å². The lowest BCUT2D eigenvalue weighted by Gasteiger charge is -2.57. The van der Waals surface area contributed by atoms with E-state index in [2.05, 4.69) is 26.0 Å². The fourth-order valence-corrected chi connectivity index (χ4v) is 7.69. The van der Waals surface area contributed by atoms with E-state index in [1.165, 1.54) is 17.7 Å². The molecule has 6 atom stereocenters. The van der Waals surface area contributed by atoms with E-state index in [-0.39, 0.29) is 28.3 Å². The summed E-state index contributed by atoms with van der Waals surface area (Å²) in [4.78, 5) is 24.7. The molecule has 30 heavy (non-hydrogen) atoms. The van der Waals surface area contributed by atoms with Gasteiger partial charge < -0.3 is 0 Å². The van der Waals surface area contributed by atoms with Crippen molar-refractivity contribution < 1.29 is 14.0 Å². The van der Waals surface area contributed by atoms with Gasteiger partial charge in [-0.15, -0.1) is 0 Å². The number of carbonyl (C=O) groups is 2. The average molecular weight is 407 g/mol. The molecule has 0 amide bonds. The Morgan fingerprint density at radius 2 is 1.83 bits per heavy atom. The Labute approximate surface area is 178 Å². The lowest BCUT2D eigenvalue weighted by molar-refractivity contribution is -0.105. The first-order chi connectivity index (χ1) is 14.4. The summed E-state index contributed by atoms with van der Waals surface area (Å²) < 4.78 is 13.3. The minimum absolute atomic E-state index is 0.0345. The van der Waals surface area contributed by atoms with Crippen LogP contribution in [0.15, 0.2) is 47.6 Å². The largest absolute Gasteiger partial charge is 0.298 e. The first-order valence-corrected chi connectivity index (χ1v) is 11.5. The van der Waals surface area contributed by atoms with E-state index in [0.29, 0.717) is 23.3 Å². The van der Waals surface area contributed by atoms with Crippen LogP contribution in [-0.4, -0.2) is 12.1 Å². The van der Waals surface area contributed by atoms with Crippen molar-refractivity contribution in [3.8, 4) is 0 Å². The number of aldehydes is 1. The maximum absolute atomic E-state index is 13.4. The Balaban J connectivity index is 1.44. The summed E-state index contributed by atoms with van der Waals surface area (Å²) in [6, 6.07) is 6.10. The van der Waals surface area contributed by atoms with Crippen LogP contribution in [0.25, 0.3) is 0 Å². The molecule has 2 fully saturated rings. The van der Waals surface area contributed by atoms with Crippen molar-refractivity contribution in [3.63, 3.8) is 0 Å². The zero-order valence-electron chi connectivity index (χ0n) is 18.0. The van der Waals surface area contributed by atoms with E-state index < -0.39 is 0 Å². The molecule has 0 saturated heterocycles. The Morgan fingerprint density at radius 3 is 2.57 bits per heavy atom. The number of benzene rings is 1. The highest BCUT2D eigenvalue weighted by Crippen LogP contribution is 2.66. The number of ketones is 1. The first kappa shape index (κ1) is 19.9. The maximum atomic E-state index is 13.4. The third-order valence-corrected chi connectivity index (χ3v) is 9.40. The summed E-state index contributed by atoms with van der Waals surface area (Å²) in [5, 5.41) is 0. The first-order valence-electron chi connectivity index (χ1n) is 11.5. The van der Waals surface area contributed by atoms with Crippen molar-refractivity contribution in [2.45, 2.75) is 58.8 Å². The second-order valence-corrected chi connectivity index (χ2v) is 10.6. The van der Waals surface area contributed by atoms with Gasteiger partial charge in [-0.1, -0.05) is 26.0 Å². The van der Waals surface area contributed by atoms with E-state index in [1.807, 2.05) is 0 Å². The Morgan fingerprint density at radius 1 is 1.07 bits per heavy atom. The van der Waals surface area contributed by atoms with Gasteiger partial charge in [-0.25, -0.2) is 4.39 Å². The van der Waals surface area contributed by atoms with Crippen LogP contribution in [-0.2, 0) is 4.79 Å². The number of rotatable bonds is 3. The van der Waals surface area contributed by atoms with Gasteiger partial charge in [-0.05, 0) is 109 Å². The van der Waals surface area contributed by atoms with Gasteiger partial charge in [0.1, 0.15) is 12.1 Å². The minimum atomic E-state index is -0.292. The molecule has 0 radical (unpaired) electrons. The highest BCUT2D eigenvalue weighted by Gasteiger charge is 2.59. The highest BCUT2D eigenvalue weighted by atomic mass is 19.1. The van der Waals surface area contributed by atoms with Crippen LogP contribution in [0.4, 0.5) is 4.39 Å². The van der Waals surface area contributed by atoms with Crippen molar-refractivity contribution >= 4 is 12.1 Å². The molecular weight excluding hydrogens is 375 g/mol. The van der Waals surface area contributed by atoms with Crippen molar-refractivity contribution in [2.24, 2.45) is 34.5 Å². The van der Waals surface area contributed by atoms with Crippen molar-refractivity contribution in [1.82, 2.24) is 0 Å². The molecule has 5 rings (SSSR count). The van der Waals surface area contributed by atoms with Crippen LogP contribution < -0.4 is 0 Å². The SMILES string of the molecule is C[C@]12CC[C@H]3[C@@H](CC=C4C=C(C=O)CC[C@@]43C)[C@@H]1CC[C@@H]2C(=O)c1ccc(F)cc1. The van der Waals surface area contributed by atoms with Gasteiger partial charge in [0, 0.05) is 11.5 Å². The normalized spacial score (nSPS) is 39.8. The fourth-order valence-electron chi connectivity index (χ4n) is 7.69. The van der Waals surface area contributed by atoms with E-state index >= 15 is 0 Å². The number of hydrogen-bond donors (Lipinski definition) is 0. The molecule has 0 bridgehead atoms. The molecule has 0 aliphatic heterocycles. The number of hydrogen-bond acceptors (Lipinski definition) is 2. The summed E-state index contributed by atoms with van der Waals surface area (Å²) in [6.45, 7) is 4.76. The van der Waals surface area contributed by atoms with Crippen LogP contribution >= 0.6 is 0 Å². The molecule has 1 aromatic rings. The molecule has 0 spiro atoms. The summed E-state index contributed by atoms with van der Waals surface area (Å²) in [7, 11) is 0. The van der Waals surface area contributed by atoms with Gasteiger partial charge in [-0.2, -0.15) is 0 Å². The van der Waals surface area contributed by atoms with Crippen molar-refractivity contribution in [1.29, 1.82) is 0 Å². The summed E-state index contributed by atoms with van der Waals surface area (Å²) in [6.07, 6.45) is 12.9. The number of carbonyl (C=O) groups excluding carboxylic acids is 2. The molecule has 0 N–H and O–H groups in total. The third-order valence-electron chi connectivity index (χ3n) is 9.40. The fraction of sp³-hybridized carbons (Fsp3) is 0.556. The zero-order valence-corrected chi connectivity index (χ0v) is 18.0. The van der Waals surface area contributed by atoms with Crippen LogP contribution in [0.3, 0.4) is 0 Å². The summed E-state index contributed by atoms with van der Waals surface area (Å²) >= 11 is 0. The molecule has 158 valence electrons. The Bertz CT molecular complexity index is 942. The Hall–Kier alpha value is -2.03. The third kappa shape index (κ3) is 2.81. The quantitative estimate of drug-likeness (QED) is 0.435. The number of fused-ring (bicyclic) bond motifs is 5.